The zero-order valence-corrected chi connectivity index (χ0v) is 13.9. The highest BCUT2D eigenvalue weighted by Gasteiger charge is 2.02. The molecule has 0 aromatic heterocycles. The average molecular weight is 332 g/mol. The summed E-state index contributed by atoms with van der Waals surface area (Å²) in [6.07, 6.45) is 0.643. The Morgan fingerprint density at radius 3 is 1.72 bits per heavy atom. The van der Waals surface area contributed by atoms with E-state index >= 15 is 0 Å². The van der Waals surface area contributed by atoms with E-state index in [0.717, 1.165) is 16.9 Å². The van der Waals surface area contributed by atoms with Crippen molar-refractivity contribution in [1.82, 2.24) is 0 Å². The molecule has 0 radical (unpaired) electrons. The van der Waals surface area contributed by atoms with Crippen LogP contribution < -0.4 is 4.74 Å². The van der Waals surface area contributed by atoms with Gasteiger partial charge in [-0.3, -0.25) is 4.79 Å². The van der Waals surface area contributed by atoms with Gasteiger partial charge in [0.15, 0.2) is 0 Å². The lowest BCUT2D eigenvalue weighted by atomic mass is 10.0. The van der Waals surface area contributed by atoms with Crippen molar-refractivity contribution in [2.24, 2.45) is 0 Å². The molecule has 126 valence electrons. The molecule has 0 aliphatic carbocycles. The highest BCUT2D eigenvalue weighted by molar-refractivity contribution is 5.70. The molecule has 0 aliphatic rings. The van der Waals surface area contributed by atoms with E-state index in [1.165, 1.54) is 11.1 Å². The summed E-state index contributed by atoms with van der Waals surface area (Å²) in [6.45, 7) is 0.414. The number of carbonyl (C=O) groups is 1. The normalized spacial score (nSPS) is 10.4. The Labute approximate surface area is 147 Å². The third-order valence-corrected chi connectivity index (χ3v) is 3.98. The topological polar surface area (TPSA) is 46.5 Å². The monoisotopic (exact) mass is 332 g/mol. The van der Waals surface area contributed by atoms with Crippen LogP contribution in [0, 0.1) is 0 Å². The lowest BCUT2D eigenvalue weighted by Crippen LogP contribution is -2.01. The van der Waals surface area contributed by atoms with Crippen LogP contribution in [0.25, 0.3) is 22.3 Å². The van der Waals surface area contributed by atoms with Crippen LogP contribution >= 0.6 is 0 Å². The third-order valence-electron chi connectivity index (χ3n) is 3.98. The van der Waals surface area contributed by atoms with Crippen molar-refractivity contribution in [1.29, 1.82) is 0 Å². The van der Waals surface area contributed by atoms with Crippen molar-refractivity contribution in [3.05, 3.63) is 78.9 Å². The molecule has 0 aliphatic heterocycles. The van der Waals surface area contributed by atoms with Gasteiger partial charge in [0.2, 0.25) is 0 Å². The first-order valence-corrected chi connectivity index (χ1v) is 8.33. The van der Waals surface area contributed by atoms with E-state index < -0.39 is 5.97 Å². The molecule has 0 saturated carbocycles. The van der Waals surface area contributed by atoms with E-state index in [1.807, 2.05) is 42.5 Å². The maximum atomic E-state index is 10.5. The number of carboxylic acid groups (broad SMARTS) is 1. The summed E-state index contributed by atoms with van der Waals surface area (Å²) >= 11 is 0. The Bertz CT molecular complexity index is 806. The molecule has 0 heterocycles. The summed E-state index contributed by atoms with van der Waals surface area (Å²) in [6, 6.07) is 26.7. The van der Waals surface area contributed by atoms with Crippen LogP contribution in [-0.4, -0.2) is 17.7 Å². The number of rotatable bonds is 7. The Kier molecular flexibility index (Phi) is 5.47. The molecular weight excluding hydrogens is 312 g/mol. The molecular formula is C22H20O3. The molecule has 25 heavy (non-hydrogen) atoms. The molecule has 3 aromatic rings. The van der Waals surface area contributed by atoms with Crippen molar-refractivity contribution in [2.45, 2.75) is 12.8 Å². The summed E-state index contributed by atoms with van der Waals surface area (Å²) in [7, 11) is 0. The standard InChI is InChI=1S/C22H20O3/c23-22(24)7-4-16-25-21-14-12-20(13-15-21)19-10-8-18(9-11-19)17-5-2-1-3-6-17/h1-3,5-6,8-15H,4,7,16H2,(H,23,24). The summed E-state index contributed by atoms with van der Waals surface area (Å²) in [5, 5.41) is 8.61. The van der Waals surface area contributed by atoms with Crippen LogP contribution in [0.4, 0.5) is 0 Å². The Morgan fingerprint density at radius 1 is 0.720 bits per heavy atom. The van der Waals surface area contributed by atoms with Crippen molar-refractivity contribution < 1.29 is 14.6 Å². The van der Waals surface area contributed by atoms with Gasteiger partial charge in [0.1, 0.15) is 5.75 Å². The molecule has 1 N–H and O–H groups in total. The predicted octanol–water partition coefficient (Wildman–Crippen LogP) is 5.26. The SMILES string of the molecule is O=C(O)CCCOc1ccc(-c2ccc(-c3ccccc3)cc2)cc1. The maximum Gasteiger partial charge on any atom is 0.303 e. The van der Waals surface area contributed by atoms with Gasteiger partial charge < -0.3 is 9.84 Å². The van der Waals surface area contributed by atoms with E-state index in [9.17, 15) is 4.79 Å². The minimum absolute atomic E-state index is 0.131. The van der Waals surface area contributed by atoms with Gasteiger partial charge in [0.05, 0.1) is 6.61 Å². The molecule has 0 spiro atoms. The molecule has 3 aromatic carbocycles. The van der Waals surface area contributed by atoms with Gasteiger partial charge in [-0.15, -0.1) is 0 Å². The molecule has 3 heteroatoms. The molecule has 0 atom stereocenters. The van der Waals surface area contributed by atoms with Gasteiger partial charge in [-0.25, -0.2) is 0 Å². The van der Waals surface area contributed by atoms with Gasteiger partial charge in [-0.1, -0.05) is 66.7 Å². The van der Waals surface area contributed by atoms with Crippen LogP contribution in [0.3, 0.4) is 0 Å². The molecule has 0 unspecified atom stereocenters. The van der Waals surface area contributed by atoms with E-state index in [-0.39, 0.29) is 6.42 Å². The first-order chi connectivity index (χ1) is 12.2. The van der Waals surface area contributed by atoms with Crippen molar-refractivity contribution in [2.75, 3.05) is 6.61 Å². The van der Waals surface area contributed by atoms with Gasteiger partial charge >= 0.3 is 5.97 Å². The zero-order valence-electron chi connectivity index (χ0n) is 13.9. The minimum atomic E-state index is -0.794. The lowest BCUT2D eigenvalue weighted by molar-refractivity contribution is -0.137. The lowest BCUT2D eigenvalue weighted by Gasteiger charge is -2.08. The van der Waals surface area contributed by atoms with Crippen molar-refractivity contribution >= 4 is 5.97 Å². The molecule has 0 bridgehead atoms. The van der Waals surface area contributed by atoms with Crippen LogP contribution in [-0.2, 0) is 4.79 Å². The molecule has 3 rings (SSSR count). The van der Waals surface area contributed by atoms with Gasteiger partial charge in [-0.05, 0) is 40.8 Å². The largest absolute Gasteiger partial charge is 0.494 e. The predicted molar refractivity (Wildman–Crippen MR) is 99.7 cm³/mol. The summed E-state index contributed by atoms with van der Waals surface area (Å²) in [5.41, 5.74) is 4.68. The number of ether oxygens (including phenoxy) is 1. The summed E-state index contributed by atoms with van der Waals surface area (Å²) in [4.78, 5) is 10.5. The molecule has 0 saturated heterocycles. The van der Waals surface area contributed by atoms with Crippen LogP contribution in [0.15, 0.2) is 78.9 Å². The second-order valence-corrected chi connectivity index (χ2v) is 5.81. The van der Waals surface area contributed by atoms with Gasteiger partial charge in [0, 0.05) is 6.42 Å². The smallest absolute Gasteiger partial charge is 0.303 e. The van der Waals surface area contributed by atoms with Crippen molar-refractivity contribution in [3.8, 4) is 28.0 Å². The van der Waals surface area contributed by atoms with Crippen LogP contribution in [0.1, 0.15) is 12.8 Å². The van der Waals surface area contributed by atoms with E-state index in [4.69, 9.17) is 9.84 Å². The molecule has 0 amide bonds. The first-order valence-electron chi connectivity index (χ1n) is 8.33. The maximum absolute atomic E-state index is 10.5. The fourth-order valence-electron chi connectivity index (χ4n) is 2.64. The quantitative estimate of drug-likeness (QED) is 0.600. The highest BCUT2D eigenvalue weighted by Crippen LogP contribution is 2.26. The number of carboxylic acids is 1. The summed E-state index contributed by atoms with van der Waals surface area (Å²) in [5.74, 6) is -0.0343. The van der Waals surface area contributed by atoms with Gasteiger partial charge in [0.25, 0.3) is 0 Å². The van der Waals surface area contributed by atoms with Crippen molar-refractivity contribution in [3.63, 3.8) is 0 Å². The Morgan fingerprint density at radius 2 is 1.20 bits per heavy atom. The van der Waals surface area contributed by atoms with Crippen LogP contribution in [0.5, 0.6) is 5.75 Å². The number of benzene rings is 3. The summed E-state index contributed by atoms with van der Waals surface area (Å²) < 4.78 is 5.56. The van der Waals surface area contributed by atoms with E-state index in [0.29, 0.717) is 13.0 Å². The van der Waals surface area contributed by atoms with Crippen LogP contribution in [0.2, 0.25) is 0 Å². The van der Waals surface area contributed by atoms with Gasteiger partial charge in [-0.2, -0.15) is 0 Å². The molecule has 3 nitrogen and oxygen atoms in total. The second kappa shape index (κ2) is 8.15. The fraction of sp³-hybridized carbons (Fsp3) is 0.136. The first kappa shape index (κ1) is 16.8. The zero-order chi connectivity index (χ0) is 17.5. The molecule has 0 fully saturated rings. The minimum Gasteiger partial charge on any atom is -0.494 e. The van der Waals surface area contributed by atoms with E-state index in [1.54, 1.807) is 0 Å². The number of aliphatic carboxylic acids is 1. The second-order valence-electron chi connectivity index (χ2n) is 5.81. The Hall–Kier alpha value is -3.07. The fourth-order valence-corrected chi connectivity index (χ4v) is 2.64. The third kappa shape index (κ3) is 4.70. The number of hydrogen-bond acceptors (Lipinski definition) is 2. The Balaban J connectivity index is 1.63. The van der Waals surface area contributed by atoms with E-state index in [2.05, 4.69) is 36.4 Å². The number of hydrogen-bond donors (Lipinski definition) is 1. The average Bonchev–Trinajstić information content (AvgIpc) is 2.66. The highest BCUT2D eigenvalue weighted by atomic mass is 16.5.